The predicted octanol–water partition coefficient (Wildman–Crippen LogP) is 13.3. The molecule has 5 heterocycles. The number of anilines is 5. The lowest BCUT2D eigenvalue weighted by atomic mass is 9.33. The summed E-state index contributed by atoms with van der Waals surface area (Å²) in [5, 5.41) is 2.13. The molecule has 0 spiro atoms. The number of fused-ring (bicyclic) bond motifs is 12. The van der Waals surface area contributed by atoms with Gasteiger partial charge < -0.3 is 19.0 Å². The fourth-order valence-corrected chi connectivity index (χ4v) is 12.4. The zero-order chi connectivity index (χ0) is 44.8. The molecule has 1 saturated carbocycles. The van der Waals surface area contributed by atoms with Crippen LogP contribution in [-0.2, 0) is 21.7 Å². The molecule has 2 atom stereocenters. The number of nitrogens with zero attached hydrogens (tertiary/aromatic N) is 2. The average Bonchev–Trinajstić information content (AvgIpc) is 3.68. The van der Waals surface area contributed by atoms with Gasteiger partial charge in [-0.05, 0) is 130 Å². The van der Waals surface area contributed by atoms with Crippen LogP contribution in [-0.4, -0.2) is 12.3 Å². The topological polar surface area (TPSA) is 28.9 Å². The summed E-state index contributed by atoms with van der Waals surface area (Å²) in [7, 11) is 0. The molecule has 1 aromatic heterocycles. The Kier molecular flexibility index (Phi) is 6.58. The first-order valence-electron chi connectivity index (χ1n) is 24.0. The van der Waals surface area contributed by atoms with Gasteiger partial charge in [0.1, 0.15) is 22.7 Å². The number of furan rings is 1. The van der Waals surface area contributed by atoms with Crippen molar-refractivity contribution in [1.29, 1.82) is 0 Å². The van der Waals surface area contributed by atoms with Crippen molar-refractivity contribution in [1.82, 2.24) is 0 Å². The molecule has 0 amide bonds. The Balaban J connectivity index is 1.12. The van der Waals surface area contributed by atoms with Gasteiger partial charge in [0.2, 0.25) is 0 Å². The van der Waals surface area contributed by atoms with Crippen LogP contribution in [0.5, 0.6) is 11.5 Å². The first-order chi connectivity index (χ1) is 30.1. The van der Waals surface area contributed by atoms with Gasteiger partial charge in [-0.15, -0.1) is 0 Å². The van der Waals surface area contributed by atoms with Gasteiger partial charge in [0.15, 0.2) is 0 Å². The molecule has 1 fully saturated rings. The minimum atomic E-state index is -2.35. The van der Waals surface area contributed by atoms with E-state index < -0.39 is 6.85 Å². The lowest BCUT2D eigenvalue weighted by molar-refractivity contribution is 0.195. The van der Waals surface area contributed by atoms with E-state index in [4.69, 9.17) is 13.3 Å². The number of hydrogen-bond donors (Lipinski definition) is 0. The average molecular weight is 804 g/mol. The summed E-state index contributed by atoms with van der Waals surface area (Å²) in [6.07, 6.45) is 4.78. The molecule has 0 bridgehead atoms. The summed E-state index contributed by atoms with van der Waals surface area (Å²) >= 11 is 0. The number of ether oxygens (including phenoxy) is 1. The van der Waals surface area contributed by atoms with Crippen LogP contribution >= 0.6 is 0 Å². The standard InChI is InChI=1S/C56H57BN2O2/c1-32-24-45-50-49(25-32)61-48-31-47-37(36-29-35(19-21-46(36)60-47)59-44-17-13-12-16-38(44)55(10)22-14-15-23-56(55,59)11)30-41(48)57(50)42-28-34(53(5,6)7)27-40-51(42)58(45)43-20-18-33(52(2,3)4)26-39(43)54(40,8)9/h12-13,16-21,24-31H,14-15,22-23H2,1-11H3/i1D3. The van der Waals surface area contributed by atoms with E-state index in [1.165, 1.54) is 63.9 Å². The Bertz CT molecular complexity index is 3200. The van der Waals surface area contributed by atoms with Crippen molar-refractivity contribution in [3.63, 3.8) is 0 Å². The molecule has 1 aliphatic carbocycles. The molecule has 5 aliphatic rings. The van der Waals surface area contributed by atoms with E-state index in [1.807, 2.05) is 6.07 Å². The quantitative estimate of drug-likeness (QED) is 0.155. The van der Waals surface area contributed by atoms with Crippen molar-refractivity contribution in [2.24, 2.45) is 0 Å². The molecule has 306 valence electrons. The Labute approximate surface area is 366 Å². The highest BCUT2D eigenvalue weighted by molar-refractivity contribution is 6.99. The van der Waals surface area contributed by atoms with Gasteiger partial charge in [-0.25, -0.2) is 0 Å². The number of benzene rings is 6. The van der Waals surface area contributed by atoms with E-state index in [2.05, 4.69) is 164 Å². The number of para-hydroxylation sites is 1. The van der Waals surface area contributed by atoms with Crippen LogP contribution in [0.1, 0.15) is 132 Å². The van der Waals surface area contributed by atoms with E-state index >= 15 is 0 Å². The number of rotatable bonds is 1. The van der Waals surface area contributed by atoms with Gasteiger partial charge in [-0.1, -0.05) is 124 Å². The first kappa shape index (κ1) is 34.2. The van der Waals surface area contributed by atoms with Gasteiger partial charge in [-0.3, -0.25) is 0 Å². The fraction of sp³-hybridized carbons (Fsp3) is 0.357. The van der Waals surface area contributed by atoms with Crippen molar-refractivity contribution in [3.05, 3.63) is 130 Å². The Morgan fingerprint density at radius 1 is 0.639 bits per heavy atom. The summed E-state index contributed by atoms with van der Waals surface area (Å²) in [5.74, 6) is 1.28. The smallest absolute Gasteiger partial charge is 0.256 e. The Morgan fingerprint density at radius 3 is 2.18 bits per heavy atom. The van der Waals surface area contributed by atoms with Crippen LogP contribution in [0.3, 0.4) is 0 Å². The van der Waals surface area contributed by atoms with Gasteiger partial charge >= 0.3 is 0 Å². The second kappa shape index (κ2) is 11.7. The largest absolute Gasteiger partial charge is 0.458 e. The van der Waals surface area contributed by atoms with Crippen molar-refractivity contribution in [3.8, 4) is 11.5 Å². The highest BCUT2D eigenvalue weighted by Crippen LogP contribution is 2.61. The molecule has 5 heteroatoms. The summed E-state index contributed by atoms with van der Waals surface area (Å²) < 4.78 is 39.8. The fourth-order valence-electron chi connectivity index (χ4n) is 12.4. The highest BCUT2D eigenvalue weighted by Gasteiger charge is 2.57. The van der Waals surface area contributed by atoms with Crippen LogP contribution in [0.4, 0.5) is 28.4 Å². The SMILES string of the molecule is [2H]C([2H])([2H])c1cc2c3c(c1)N1c4ccc(C(C)(C)C)cc4C(C)(C)c4cc(C(C)(C)C)cc(c41)B3c1cc3c(cc1O2)oc1ccc(N2c4ccccc4C4(C)CCCCC24C)cc13. The molecule has 2 unspecified atom stereocenters. The molecule has 4 nitrogen and oxygen atoms in total. The van der Waals surface area contributed by atoms with Crippen molar-refractivity contribution in [2.45, 2.75) is 129 Å². The molecule has 7 aromatic rings. The van der Waals surface area contributed by atoms with Gasteiger partial charge in [0.25, 0.3) is 6.71 Å². The second-order valence-corrected chi connectivity index (χ2v) is 21.9. The normalized spacial score (nSPS) is 22.7. The van der Waals surface area contributed by atoms with Gasteiger partial charge in [0.05, 0.1) is 11.2 Å². The molecule has 0 radical (unpaired) electrons. The first-order valence-corrected chi connectivity index (χ1v) is 22.5. The number of aryl methyl sites for hydroxylation is 1. The lowest BCUT2D eigenvalue weighted by Crippen LogP contribution is -2.61. The third-order valence-electron chi connectivity index (χ3n) is 16.0. The maximum absolute atomic E-state index is 8.70. The van der Waals surface area contributed by atoms with Gasteiger partial charge in [-0.2, -0.15) is 0 Å². The summed E-state index contributed by atoms with van der Waals surface area (Å²) in [4.78, 5) is 5.00. The molecule has 4 aliphatic heterocycles. The van der Waals surface area contributed by atoms with Gasteiger partial charge in [0, 0.05) is 54.5 Å². The summed E-state index contributed by atoms with van der Waals surface area (Å²) in [5.41, 5.74) is 16.7. The molecule has 12 rings (SSSR count). The zero-order valence-corrected chi connectivity index (χ0v) is 37.4. The molecule has 0 saturated heterocycles. The Hall–Kier alpha value is -5.42. The lowest BCUT2D eigenvalue weighted by Gasteiger charge is -2.50. The Morgan fingerprint density at radius 2 is 1.39 bits per heavy atom. The molecular weight excluding hydrogens is 743 g/mol. The monoisotopic (exact) mass is 803 g/mol. The van der Waals surface area contributed by atoms with Crippen LogP contribution in [0.2, 0.25) is 0 Å². The maximum atomic E-state index is 8.70. The van der Waals surface area contributed by atoms with E-state index in [-0.39, 0.29) is 39.5 Å². The van der Waals surface area contributed by atoms with Crippen LogP contribution in [0.25, 0.3) is 21.9 Å². The molecule has 6 aromatic carbocycles. The molecule has 61 heavy (non-hydrogen) atoms. The molecule has 0 N–H and O–H groups in total. The van der Waals surface area contributed by atoms with Crippen LogP contribution in [0.15, 0.2) is 101 Å². The predicted molar refractivity (Wildman–Crippen MR) is 257 cm³/mol. The highest BCUT2D eigenvalue weighted by atomic mass is 16.5. The summed E-state index contributed by atoms with van der Waals surface area (Å²) in [6, 6.07) is 35.6. The van der Waals surface area contributed by atoms with Crippen molar-refractivity contribution in [2.75, 3.05) is 9.80 Å². The third-order valence-corrected chi connectivity index (χ3v) is 16.0. The zero-order valence-electron chi connectivity index (χ0n) is 40.4. The van der Waals surface area contributed by atoms with E-state index in [1.54, 1.807) is 6.07 Å². The minimum absolute atomic E-state index is 0.0502. The van der Waals surface area contributed by atoms with E-state index in [9.17, 15) is 0 Å². The second-order valence-electron chi connectivity index (χ2n) is 21.9. The van der Waals surface area contributed by atoms with Crippen molar-refractivity contribution < 1.29 is 13.3 Å². The number of hydrogen-bond acceptors (Lipinski definition) is 4. The van der Waals surface area contributed by atoms with Crippen molar-refractivity contribution >= 4 is 73.5 Å². The third kappa shape index (κ3) is 4.79. The minimum Gasteiger partial charge on any atom is -0.458 e. The van der Waals surface area contributed by atoms with E-state index in [0.29, 0.717) is 11.5 Å². The van der Waals surface area contributed by atoms with Crippen LogP contribution in [0, 0.1) is 6.85 Å². The maximum Gasteiger partial charge on any atom is 0.256 e. The van der Waals surface area contributed by atoms with Crippen LogP contribution < -0.4 is 30.9 Å². The summed E-state index contributed by atoms with van der Waals surface area (Å²) in [6.45, 7) is 20.8. The van der Waals surface area contributed by atoms with E-state index in [0.717, 1.165) is 56.3 Å². The molecular formula is C56H57BN2O2.